The molecule has 0 atom stereocenters. The average molecular weight is 352 g/mol. The number of nitrogens with zero attached hydrogens (tertiary/aromatic N) is 2. The monoisotopic (exact) mass is 352 g/mol. The zero-order valence-corrected chi connectivity index (χ0v) is 14.9. The third-order valence-electron chi connectivity index (χ3n) is 4.65. The molecule has 0 unspecified atom stereocenters. The standard InChI is InChI=1S/C20H24N4O2/c1-15-5-7-17(8-6-15)23-20(26)19(25)22-14-16-9-12-24(13-10-16)18-4-2-3-11-21-18/h2-8,11,16H,9-10,12-14H2,1H3,(H,22,25)(H,23,26). The van der Waals surface area contributed by atoms with Gasteiger partial charge in [0, 0.05) is 31.5 Å². The molecule has 2 N–H and O–H groups in total. The molecule has 0 aliphatic carbocycles. The average Bonchev–Trinajstić information content (AvgIpc) is 2.69. The van der Waals surface area contributed by atoms with Crippen LogP contribution in [0.5, 0.6) is 0 Å². The first-order valence-electron chi connectivity index (χ1n) is 8.93. The summed E-state index contributed by atoms with van der Waals surface area (Å²) in [7, 11) is 0. The van der Waals surface area contributed by atoms with E-state index in [1.54, 1.807) is 18.3 Å². The highest BCUT2D eigenvalue weighted by Gasteiger charge is 2.22. The first kappa shape index (κ1) is 17.9. The van der Waals surface area contributed by atoms with Gasteiger partial charge in [0.1, 0.15) is 5.82 Å². The van der Waals surface area contributed by atoms with Crippen molar-refractivity contribution in [2.24, 2.45) is 5.92 Å². The van der Waals surface area contributed by atoms with Crippen molar-refractivity contribution < 1.29 is 9.59 Å². The lowest BCUT2D eigenvalue weighted by Crippen LogP contribution is -2.42. The highest BCUT2D eigenvalue weighted by atomic mass is 16.2. The summed E-state index contributed by atoms with van der Waals surface area (Å²) in [6.45, 7) is 4.31. The molecule has 1 fully saturated rings. The van der Waals surface area contributed by atoms with Crippen molar-refractivity contribution in [1.82, 2.24) is 10.3 Å². The third kappa shape index (κ3) is 4.81. The number of pyridine rings is 1. The summed E-state index contributed by atoms with van der Waals surface area (Å²) < 4.78 is 0. The van der Waals surface area contributed by atoms with Crippen LogP contribution in [0.4, 0.5) is 11.5 Å². The van der Waals surface area contributed by atoms with Crippen LogP contribution in [0, 0.1) is 12.8 Å². The molecule has 6 heteroatoms. The van der Waals surface area contributed by atoms with Crippen LogP contribution in [-0.2, 0) is 9.59 Å². The van der Waals surface area contributed by atoms with E-state index in [0.717, 1.165) is 37.3 Å². The van der Waals surface area contributed by atoms with E-state index in [9.17, 15) is 9.59 Å². The Bertz CT molecular complexity index is 738. The Morgan fingerprint density at radius 1 is 1.08 bits per heavy atom. The van der Waals surface area contributed by atoms with Crippen LogP contribution in [-0.4, -0.2) is 36.4 Å². The molecule has 2 heterocycles. The lowest BCUT2D eigenvalue weighted by atomic mass is 9.97. The molecule has 0 bridgehead atoms. The summed E-state index contributed by atoms with van der Waals surface area (Å²) in [6.07, 6.45) is 3.74. The van der Waals surface area contributed by atoms with Gasteiger partial charge in [0.25, 0.3) is 0 Å². The Morgan fingerprint density at radius 2 is 1.81 bits per heavy atom. The molecular formula is C20H24N4O2. The SMILES string of the molecule is Cc1ccc(NC(=O)C(=O)NCC2CCN(c3ccccn3)CC2)cc1. The second-order valence-electron chi connectivity index (χ2n) is 6.65. The van der Waals surface area contributed by atoms with Gasteiger partial charge in [0.2, 0.25) is 0 Å². The molecule has 0 radical (unpaired) electrons. The Morgan fingerprint density at radius 3 is 2.46 bits per heavy atom. The summed E-state index contributed by atoms with van der Waals surface area (Å²) in [5.74, 6) is 0.163. The van der Waals surface area contributed by atoms with Crippen molar-refractivity contribution >= 4 is 23.3 Å². The first-order chi connectivity index (χ1) is 12.6. The van der Waals surface area contributed by atoms with E-state index in [0.29, 0.717) is 18.2 Å². The minimum Gasteiger partial charge on any atom is -0.357 e. The molecule has 2 aromatic rings. The number of carbonyl (C=O) groups excluding carboxylic acids is 2. The lowest BCUT2D eigenvalue weighted by Gasteiger charge is -2.32. The quantitative estimate of drug-likeness (QED) is 0.829. The summed E-state index contributed by atoms with van der Waals surface area (Å²) in [5, 5.41) is 5.37. The molecule has 1 aromatic heterocycles. The maximum absolute atomic E-state index is 12.0. The van der Waals surface area contributed by atoms with Crippen LogP contribution in [0.15, 0.2) is 48.7 Å². The number of aromatic nitrogens is 1. The molecule has 0 saturated carbocycles. The molecular weight excluding hydrogens is 328 g/mol. The second-order valence-corrected chi connectivity index (χ2v) is 6.65. The largest absolute Gasteiger partial charge is 0.357 e. The van der Waals surface area contributed by atoms with E-state index in [-0.39, 0.29) is 0 Å². The maximum atomic E-state index is 12.0. The van der Waals surface area contributed by atoms with Crippen molar-refractivity contribution in [3.63, 3.8) is 0 Å². The fraction of sp³-hybridized carbons (Fsp3) is 0.350. The van der Waals surface area contributed by atoms with Gasteiger partial charge in [-0.05, 0) is 49.9 Å². The van der Waals surface area contributed by atoms with Gasteiger partial charge in [0.05, 0.1) is 0 Å². The van der Waals surface area contributed by atoms with Crippen molar-refractivity contribution in [3.05, 3.63) is 54.2 Å². The molecule has 6 nitrogen and oxygen atoms in total. The normalized spacial score (nSPS) is 14.7. The minimum absolute atomic E-state index is 0.381. The van der Waals surface area contributed by atoms with Crippen LogP contribution in [0.3, 0.4) is 0 Å². The molecule has 3 rings (SSSR count). The van der Waals surface area contributed by atoms with Crippen LogP contribution < -0.4 is 15.5 Å². The molecule has 1 aliphatic heterocycles. The summed E-state index contributed by atoms with van der Waals surface area (Å²) in [6, 6.07) is 13.3. The van der Waals surface area contributed by atoms with Gasteiger partial charge in [-0.25, -0.2) is 4.98 Å². The number of aryl methyl sites for hydroxylation is 1. The molecule has 1 saturated heterocycles. The topological polar surface area (TPSA) is 74.3 Å². The Hall–Kier alpha value is -2.89. The highest BCUT2D eigenvalue weighted by molar-refractivity contribution is 6.39. The molecule has 136 valence electrons. The predicted molar refractivity (Wildman–Crippen MR) is 102 cm³/mol. The first-order valence-corrected chi connectivity index (χ1v) is 8.93. The van der Waals surface area contributed by atoms with Crippen molar-refractivity contribution in [2.75, 3.05) is 29.9 Å². The van der Waals surface area contributed by atoms with E-state index in [2.05, 4.69) is 20.5 Å². The van der Waals surface area contributed by atoms with Gasteiger partial charge in [-0.15, -0.1) is 0 Å². The van der Waals surface area contributed by atoms with Gasteiger partial charge in [0.15, 0.2) is 0 Å². The van der Waals surface area contributed by atoms with E-state index in [4.69, 9.17) is 0 Å². The number of anilines is 2. The molecule has 1 aromatic carbocycles. The van der Waals surface area contributed by atoms with Crippen molar-refractivity contribution in [3.8, 4) is 0 Å². The van der Waals surface area contributed by atoms with Gasteiger partial charge in [-0.1, -0.05) is 23.8 Å². The van der Waals surface area contributed by atoms with Gasteiger partial charge in [-0.2, -0.15) is 0 Å². The van der Waals surface area contributed by atoms with Crippen molar-refractivity contribution in [1.29, 1.82) is 0 Å². The number of carbonyl (C=O) groups is 2. The van der Waals surface area contributed by atoms with Gasteiger partial charge < -0.3 is 15.5 Å². The van der Waals surface area contributed by atoms with E-state index in [1.807, 2.05) is 37.3 Å². The van der Waals surface area contributed by atoms with E-state index < -0.39 is 11.8 Å². The van der Waals surface area contributed by atoms with Crippen LogP contribution in [0.1, 0.15) is 18.4 Å². The molecule has 2 amide bonds. The fourth-order valence-electron chi connectivity index (χ4n) is 3.05. The summed E-state index contributed by atoms with van der Waals surface area (Å²) >= 11 is 0. The third-order valence-corrected chi connectivity index (χ3v) is 4.65. The van der Waals surface area contributed by atoms with Crippen LogP contribution in [0.2, 0.25) is 0 Å². The number of hydrogen-bond acceptors (Lipinski definition) is 4. The summed E-state index contributed by atoms with van der Waals surface area (Å²) in [4.78, 5) is 30.6. The van der Waals surface area contributed by atoms with E-state index >= 15 is 0 Å². The Labute approximate surface area is 153 Å². The minimum atomic E-state index is -0.625. The van der Waals surface area contributed by atoms with Gasteiger partial charge >= 0.3 is 11.8 Å². The van der Waals surface area contributed by atoms with E-state index in [1.165, 1.54) is 0 Å². The Kier molecular flexibility index (Phi) is 5.84. The number of hydrogen-bond donors (Lipinski definition) is 2. The zero-order valence-electron chi connectivity index (χ0n) is 14.9. The number of nitrogens with one attached hydrogen (secondary N) is 2. The zero-order chi connectivity index (χ0) is 18.4. The number of piperidine rings is 1. The molecule has 26 heavy (non-hydrogen) atoms. The second kappa shape index (κ2) is 8.47. The lowest BCUT2D eigenvalue weighted by molar-refractivity contribution is -0.136. The Balaban J connectivity index is 1.41. The predicted octanol–water partition coefficient (Wildman–Crippen LogP) is 2.36. The van der Waals surface area contributed by atoms with Crippen LogP contribution >= 0.6 is 0 Å². The number of rotatable bonds is 4. The highest BCUT2D eigenvalue weighted by Crippen LogP contribution is 2.20. The number of amides is 2. The number of benzene rings is 1. The van der Waals surface area contributed by atoms with Crippen molar-refractivity contribution in [2.45, 2.75) is 19.8 Å². The van der Waals surface area contributed by atoms with Crippen LogP contribution in [0.25, 0.3) is 0 Å². The molecule has 0 spiro atoms. The summed E-state index contributed by atoms with van der Waals surface area (Å²) in [5.41, 5.74) is 1.73. The smallest absolute Gasteiger partial charge is 0.313 e. The van der Waals surface area contributed by atoms with Gasteiger partial charge in [-0.3, -0.25) is 9.59 Å². The fourth-order valence-corrected chi connectivity index (χ4v) is 3.05. The molecule has 1 aliphatic rings. The maximum Gasteiger partial charge on any atom is 0.313 e.